The Hall–Kier alpha value is -1.19. The van der Waals surface area contributed by atoms with Gasteiger partial charge in [0.2, 0.25) is 0 Å². The monoisotopic (exact) mass is 261 g/mol. The van der Waals surface area contributed by atoms with Gasteiger partial charge >= 0.3 is 0 Å². The zero-order valence-electron chi connectivity index (χ0n) is 10.9. The van der Waals surface area contributed by atoms with Crippen LogP contribution < -0.4 is 5.32 Å². The zero-order valence-corrected chi connectivity index (χ0v) is 11.7. The Balaban J connectivity index is 1.67. The molecule has 2 aromatic rings. The van der Waals surface area contributed by atoms with Gasteiger partial charge in [0.15, 0.2) is 0 Å². The number of aryl methyl sites for hydroxylation is 2. The van der Waals surface area contributed by atoms with E-state index in [4.69, 9.17) is 4.42 Å². The summed E-state index contributed by atoms with van der Waals surface area (Å²) in [5, 5.41) is 3.37. The molecule has 18 heavy (non-hydrogen) atoms. The Morgan fingerprint density at radius 2 is 2.06 bits per heavy atom. The van der Waals surface area contributed by atoms with Crippen LogP contribution in [0.1, 0.15) is 16.9 Å². The second kappa shape index (κ2) is 6.66. The fourth-order valence-corrected chi connectivity index (χ4v) is 2.58. The van der Waals surface area contributed by atoms with E-state index in [0.717, 1.165) is 24.6 Å². The average molecular weight is 261 g/mol. The zero-order chi connectivity index (χ0) is 12.8. The van der Waals surface area contributed by atoms with Crippen molar-refractivity contribution in [1.29, 1.82) is 0 Å². The predicted octanol–water partition coefficient (Wildman–Crippen LogP) is 3.78. The highest BCUT2D eigenvalue weighted by atomic mass is 32.2. The van der Waals surface area contributed by atoms with Crippen molar-refractivity contribution in [3.8, 4) is 0 Å². The molecule has 1 N–H and O–H groups in total. The first-order chi connectivity index (χ1) is 8.75. The summed E-state index contributed by atoms with van der Waals surface area (Å²) in [4.78, 5) is 1.35. The van der Waals surface area contributed by atoms with E-state index in [9.17, 15) is 0 Å². The summed E-state index contributed by atoms with van der Waals surface area (Å²) in [5.41, 5.74) is 2.72. The SMILES string of the molecule is Cc1ccc(SCCNCc2ccco2)cc1C. The van der Waals surface area contributed by atoms with Gasteiger partial charge in [-0.05, 0) is 49.2 Å². The summed E-state index contributed by atoms with van der Waals surface area (Å²) < 4.78 is 5.26. The smallest absolute Gasteiger partial charge is 0.117 e. The fraction of sp³-hybridized carbons (Fsp3) is 0.333. The third-order valence-corrected chi connectivity index (χ3v) is 3.90. The number of furan rings is 1. The molecule has 2 rings (SSSR count). The fourth-order valence-electron chi connectivity index (χ4n) is 1.67. The molecule has 0 amide bonds. The Bertz CT molecular complexity index is 479. The molecule has 0 aliphatic rings. The lowest BCUT2D eigenvalue weighted by molar-refractivity contribution is 0.488. The molecule has 2 nitrogen and oxygen atoms in total. The number of benzene rings is 1. The van der Waals surface area contributed by atoms with Gasteiger partial charge in [-0.3, -0.25) is 0 Å². The molecular weight excluding hydrogens is 242 g/mol. The molecule has 1 heterocycles. The van der Waals surface area contributed by atoms with E-state index in [0.29, 0.717) is 0 Å². The molecule has 0 bridgehead atoms. The maximum atomic E-state index is 5.26. The minimum Gasteiger partial charge on any atom is -0.468 e. The van der Waals surface area contributed by atoms with E-state index >= 15 is 0 Å². The minimum atomic E-state index is 0.806. The van der Waals surface area contributed by atoms with Gasteiger partial charge in [-0.2, -0.15) is 0 Å². The van der Waals surface area contributed by atoms with Crippen LogP contribution in [0.3, 0.4) is 0 Å². The van der Waals surface area contributed by atoms with Crippen molar-refractivity contribution >= 4 is 11.8 Å². The lowest BCUT2D eigenvalue weighted by Crippen LogP contribution is -2.15. The van der Waals surface area contributed by atoms with Crippen LogP contribution >= 0.6 is 11.8 Å². The molecule has 0 aliphatic heterocycles. The first-order valence-electron chi connectivity index (χ1n) is 6.19. The molecule has 0 saturated heterocycles. The molecule has 0 unspecified atom stereocenters. The van der Waals surface area contributed by atoms with Crippen LogP contribution in [0.2, 0.25) is 0 Å². The summed E-state index contributed by atoms with van der Waals surface area (Å²) in [6.45, 7) is 6.10. The second-order valence-corrected chi connectivity index (χ2v) is 5.52. The Labute approximate surface area is 113 Å². The van der Waals surface area contributed by atoms with Crippen LogP contribution in [0.25, 0.3) is 0 Å². The van der Waals surface area contributed by atoms with Crippen molar-refractivity contribution in [2.75, 3.05) is 12.3 Å². The second-order valence-electron chi connectivity index (χ2n) is 4.35. The Morgan fingerprint density at radius 3 is 2.78 bits per heavy atom. The van der Waals surface area contributed by atoms with Crippen LogP contribution in [0.4, 0.5) is 0 Å². The molecule has 96 valence electrons. The maximum Gasteiger partial charge on any atom is 0.117 e. The van der Waals surface area contributed by atoms with Crippen LogP contribution in [0, 0.1) is 13.8 Å². The number of thioether (sulfide) groups is 1. The van der Waals surface area contributed by atoms with E-state index in [1.807, 2.05) is 23.9 Å². The van der Waals surface area contributed by atoms with Crippen LogP contribution in [-0.4, -0.2) is 12.3 Å². The molecule has 0 spiro atoms. The van der Waals surface area contributed by atoms with Gasteiger partial charge in [-0.1, -0.05) is 6.07 Å². The maximum absolute atomic E-state index is 5.26. The van der Waals surface area contributed by atoms with Gasteiger partial charge in [0, 0.05) is 17.2 Å². The standard InChI is InChI=1S/C15H19NOS/c1-12-5-6-15(10-13(12)2)18-9-7-16-11-14-4-3-8-17-14/h3-6,8,10,16H,7,9,11H2,1-2H3. The molecule has 0 saturated carbocycles. The molecular formula is C15H19NOS. The summed E-state index contributed by atoms with van der Waals surface area (Å²) in [6.07, 6.45) is 1.71. The van der Waals surface area contributed by atoms with Crippen molar-refractivity contribution in [2.45, 2.75) is 25.3 Å². The Kier molecular flexibility index (Phi) is 4.90. The number of hydrogen-bond donors (Lipinski definition) is 1. The highest BCUT2D eigenvalue weighted by Gasteiger charge is 1.98. The lowest BCUT2D eigenvalue weighted by Gasteiger charge is -2.05. The van der Waals surface area contributed by atoms with Gasteiger partial charge in [0.05, 0.1) is 12.8 Å². The van der Waals surface area contributed by atoms with Gasteiger partial charge in [0.25, 0.3) is 0 Å². The average Bonchev–Trinajstić information content (AvgIpc) is 2.86. The quantitative estimate of drug-likeness (QED) is 0.633. The first-order valence-corrected chi connectivity index (χ1v) is 7.17. The van der Waals surface area contributed by atoms with E-state index < -0.39 is 0 Å². The van der Waals surface area contributed by atoms with Gasteiger partial charge in [-0.15, -0.1) is 11.8 Å². The Morgan fingerprint density at radius 1 is 1.17 bits per heavy atom. The highest BCUT2D eigenvalue weighted by Crippen LogP contribution is 2.20. The third-order valence-electron chi connectivity index (χ3n) is 2.91. The third kappa shape index (κ3) is 3.93. The molecule has 0 fully saturated rings. The van der Waals surface area contributed by atoms with Gasteiger partial charge in [-0.25, -0.2) is 0 Å². The minimum absolute atomic E-state index is 0.806. The van der Waals surface area contributed by atoms with E-state index in [1.165, 1.54) is 16.0 Å². The topological polar surface area (TPSA) is 25.2 Å². The van der Waals surface area contributed by atoms with E-state index in [1.54, 1.807) is 6.26 Å². The van der Waals surface area contributed by atoms with Crippen molar-refractivity contribution in [3.63, 3.8) is 0 Å². The number of nitrogens with one attached hydrogen (secondary N) is 1. The van der Waals surface area contributed by atoms with Crippen LogP contribution in [0.5, 0.6) is 0 Å². The number of hydrogen-bond acceptors (Lipinski definition) is 3. The summed E-state index contributed by atoms with van der Waals surface area (Å²) in [7, 11) is 0. The summed E-state index contributed by atoms with van der Waals surface area (Å²) in [6, 6.07) is 10.5. The summed E-state index contributed by atoms with van der Waals surface area (Å²) >= 11 is 1.89. The summed E-state index contributed by atoms with van der Waals surface area (Å²) in [5.74, 6) is 2.06. The van der Waals surface area contributed by atoms with Crippen molar-refractivity contribution in [2.24, 2.45) is 0 Å². The highest BCUT2D eigenvalue weighted by molar-refractivity contribution is 7.99. The van der Waals surface area contributed by atoms with Crippen LogP contribution in [-0.2, 0) is 6.54 Å². The molecule has 1 aromatic heterocycles. The largest absolute Gasteiger partial charge is 0.468 e. The normalized spacial score (nSPS) is 10.8. The van der Waals surface area contributed by atoms with E-state index in [-0.39, 0.29) is 0 Å². The van der Waals surface area contributed by atoms with Crippen molar-refractivity contribution in [3.05, 3.63) is 53.5 Å². The van der Waals surface area contributed by atoms with Crippen molar-refractivity contribution < 1.29 is 4.42 Å². The molecule has 3 heteroatoms. The molecule has 0 aliphatic carbocycles. The van der Waals surface area contributed by atoms with Crippen molar-refractivity contribution in [1.82, 2.24) is 5.32 Å². The number of rotatable bonds is 6. The van der Waals surface area contributed by atoms with E-state index in [2.05, 4.69) is 37.4 Å². The molecule has 0 atom stereocenters. The first kappa shape index (κ1) is 13.2. The van der Waals surface area contributed by atoms with Gasteiger partial charge in [0.1, 0.15) is 5.76 Å². The lowest BCUT2D eigenvalue weighted by atomic mass is 10.1. The van der Waals surface area contributed by atoms with Crippen LogP contribution in [0.15, 0.2) is 45.9 Å². The molecule has 1 aromatic carbocycles. The molecule has 0 radical (unpaired) electrons. The predicted molar refractivity (Wildman–Crippen MR) is 77.1 cm³/mol. The van der Waals surface area contributed by atoms with Gasteiger partial charge < -0.3 is 9.73 Å².